The highest BCUT2D eigenvalue weighted by Gasteiger charge is 2.38. The second kappa shape index (κ2) is 15.0. The van der Waals surface area contributed by atoms with Gasteiger partial charge < -0.3 is 15.5 Å². The lowest BCUT2D eigenvalue weighted by Crippen LogP contribution is -2.40. The van der Waals surface area contributed by atoms with E-state index in [1.165, 1.54) is 12.8 Å². The highest BCUT2D eigenvalue weighted by molar-refractivity contribution is 9.10. The van der Waals surface area contributed by atoms with Crippen molar-refractivity contribution in [3.8, 4) is 0 Å². The Labute approximate surface area is 196 Å². The third kappa shape index (κ3) is 8.32. The van der Waals surface area contributed by atoms with Gasteiger partial charge in [-0.2, -0.15) is 0 Å². The number of aliphatic hydroxyl groups excluding tert-OH is 1. The standard InChI is InChI=1S/C25H36BrNO2.ClH/c1-2-3-4-8-17-25(29,22-13-15-23(26)16-14-22)24(20-27-18-9-10-19-28)21-11-6-5-7-12-21;/h5-7,11-16,24,27-29H,2-4,8-10,17-20H2,1H3;1H. The minimum atomic E-state index is -0.931. The van der Waals surface area contributed by atoms with Crippen LogP contribution in [0.5, 0.6) is 0 Å². The van der Waals surface area contributed by atoms with Crippen LogP contribution in [0.25, 0.3) is 0 Å². The quantitative estimate of drug-likeness (QED) is 0.273. The molecule has 0 saturated carbocycles. The fraction of sp³-hybridized carbons (Fsp3) is 0.520. The van der Waals surface area contributed by atoms with Crippen molar-refractivity contribution in [2.45, 2.75) is 63.4 Å². The minimum Gasteiger partial charge on any atom is -0.396 e. The maximum atomic E-state index is 12.1. The number of benzene rings is 2. The molecule has 2 aromatic rings. The van der Waals surface area contributed by atoms with Crippen LogP contribution in [-0.2, 0) is 5.60 Å². The molecule has 0 fully saturated rings. The Balaban J connectivity index is 0.00000450. The van der Waals surface area contributed by atoms with Crippen molar-refractivity contribution in [2.24, 2.45) is 0 Å². The number of nitrogens with one attached hydrogen (secondary N) is 1. The lowest BCUT2D eigenvalue weighted by atomic mass is 9.74. The molecule has 0 saturated heterocycles. The van der Waals surface area contributed by atoms with E-state index in [4.69, 9.17) is 5.11 Å². The zero-order valence-electron chi connectivity index (χ0n) is 18.0. The fourth-order valence-electron chi connectivity index (χ4n) is 3.94. The second-order valence-electron chi connectivity index (χ2n) is 7.84. The van der Waals surface area contributed by atoms with Gasteiger partial charge in [0.2, 0.25) is 0 Å². The lowest BCUT2D eigenvalue weighted by molar-refractivity contribution is -0.00407. The largest absolute Gasteiger partial charge is 0.396 e. The maximum Gasteiger partial charge on any atom is 0.0976 e. The van der Waals surface area contributed by atoms with Gasteiger partial charge in [-0.3, -0.25) is 0 Å². The summed E-state index contributed by atoms with van der Waals surface area (Å²) in [5, 5.41) is 24.6. The van der Waals surface area contributed by atoms with Gasteiger partial charge in [-0.25, -0.2) is 0 Å². The van der Waals surface area contributed by atoms with Crippen LogP contribution in [0.4, 0.5) is 0 Å². The van der Waals surface area contributed by atoms with Gasteiger partial charge in [-0.15, -0.1) is 12.4 Å². The predicted octanol–water partition coefficient (Wildman–Crippen LogP) is 6.17. The van der Waals surface area contributed by atoms with E-state index in [2.05, 4.69) is 40.3 Å². The molecule has 0 aliphatic heterocycles. The first kappa shape index (κ1) is 27.1. The van der Waals surface area contributed by atoms with Gasteiger partial charge in [-0.05, 0) is 49.1 Å². The van der Waals surface area contributed by atoms with Crippen LogP contribution in [-0.4, -0.2) is 29.9 Å². The molecule has 3 N–H and O–H groups in total. The number of hydrogen-bond donors (Lipinski definition) is 3. The Kier molecular flexibility index (Phi) is 13.5. The molecular formula is C25H37BrClNO2. The molecule has 2 rings (SSSR count). The zero-order valence-corrected chi connectivity index (χ0v) is 20.4. The molecule has 3 nitrogen and oxygen atoms in total. The smallest absolute Gasteiger partial charge is 0.0976 e. The first-order chi connectivity index (χ1) is 14.1. The van der Waals surface area contributed by atoms with Crippen molar-refractivity contribution in [3.05, 3.63) is 70.2 Å². The van der Waals surface area contributed by atoms with E-state index in [1.807, 2.05) is 42.5 Å². The van der Waals surface area contributed by atoms with Gasteiger partial charge >= 0.3 is 0 Å². The molecule has 2 atom stereocenters. The van der Waals surface area contributed by atoms with Gasteiger partial charge in [0.05, 0.1) is 5.60 Å². The molecule has 0 aliphatic carbocycles. The summed E-state index contributed by atoms with van der Waals surface area (Å²) in [4.78, 5) is 0. The summed E-state index contributed by atoms with van der Waals surface area (Å²) in [6, 6.07) is 18.5. The third-order valence-electron chi connectivity index (χ3n) is 5.64. The van der Waals surface area contributed by atoms with Gasteiger partial charge in [0.25, 0.3) is 0 Å². The van der Waals surface area contributed by atoms with Crippen molar-refractivity contribution in [2.75, 3.05) is 19.7 Å². The average molecular weight is 499 g/mol. The van der Waals surface area contributed by atoms with Gasteiger partial charge in [0.15, 0.2) is 0 Å². The van der Waals surface area contributed by atoms with E-state index in [-0.39, 0.29) is 24.9 Å². The first-order valence-electron chi connectivity index (χ1n) is 11.0. The van der Waals surface area contributed by atoms with Crippen molar-refractivity contribution in [1.82, 2.24) is 5.32 Å². The molecule has 2 unspecified atom stereocenters. The van der Waals surface area contributed by atoms with Gasteiger partial charge in [-0.1, -0.05) is 91.0 Å². The number of halogens is 2. The third-order valence-corrected chi connectivity index (χ3v) is 6.17. The van der Waals surface area contributed by atoms with E-state index < -0.39 is 5.60 Å². The Morgan fingerprint density at radius 2 is 1.63 bits per heavy atom. The van der Waals surface area contributed by atoms with E-state index in [0.29, 0.717) is 6.54 Å². The predicted molar refractivity (Wildman–Crippen MR) is 132 cm³/mol. The van der Waals surface area contributed by atoms with E-state index in [1.54, 1.807) is 0 Å². The van der Waals surface area contributed by atoms with E-state index in [9.17, 15) is 5.11 Å². The highest BCUT2D eigenvalue weighted by Crippen LogP contribution is 2.41. The molecule has 0 radical (unpaired) electrons. The van der Waals surface area contributed by atoms with Crippen LogP contribution in [0.3, 0.4) is 0 Å². The molecular weight excluding hydrogens is 462 g/mol. The maximum absolute atomic E-state index is 12.1. The van der Waals surface area contributed by atoms with Crippen molar-refractivity contribution >= 4 is 28.3 Å². The second-order valence-corrected chi connectivity index (χ2v) is 8.76. The summed E-state index contributed by atoms with van der Waals surface area (Å²) in [6.07, 6.45) is 7.01. The molecule has 2 aromatic carbocycles. The molecule has 0 spiro atoms. The van der Waals surface area contributed by atoms with Crippen LogP contribution < -0.4 is 5.32 Å². The van der Waals surface area contributed by atoms with Crippen LogP contribution in [0.1, 0.15) is 68.9 Å². The summed E-state index contributed by atoms with van der Waals surface area (Å²) in [7, 11) is 0. The highest BCUT2D eigenvalue weighted by atomic mass is 79.9. The number of aliphatic hydroxyl groups is 2. The van der Waals surface area contributed by atoms with E-state index in [0.717, 1.165) is 54.2 Å². The number of hydrogen-bond acceptors (Lipinski definition) is 3. The monoisotopic (exact) mass is 497 g/mol. The molecule has 0 bridgehead atoms. The fourth-order valence-corrected chi connectivity index (χ4v) is 4.20. The normalized spacial score (nSPS) is 14.0. The Bertz CT molecular complexity index is 683. The molecule has 168 valence electrons. The van der Waals surface area contributed by atoms with Crippen molar-refractivity contribution in [3.63, 3.8) is 0 Å². The Hall–Kier alpha value is -0.910. The van der Waals surface area contributed by atoms with Crippen LogP contribution in [0.2, 0.25) is 0 Å². The number of unbranched alkanes of at least 4 members (excludes halogenated alkanes) is 4. The summed E-state index contributed by atoms with van der Waals surface area (Å²) in [6.45, 7) is 3.99. The van der Waals surface area contributed by atoms with Crippen LogP contribution in [0, 0.1) is 0 Å². The SMILES string of the molecule is CCCCCCC(O)(c1ccc(Br)cc1)C(CNCCCCO)c1ccccc1.Cl. The van der Waals surface area contributed by atoms with Crippen molar-refractivity contribution in [1.29, 1.82) is 0 Å². The summed E-state index contributed by atoms with van der Waals surface area (Å²) < 4.78 is 1.02. The molecule has 0 aliphatic rings. The van der Waals surface area contributed by atoms with Crippen LogP contribution in [0.15, 0.2) is 59.1 Å². The minimum absolute atomic E-state index is 0. The topological polar surface area (TPSA) is 52.5 Å². The molecule has 0 heterocycles. The van der Waals surface area contributed by atoms with Gasteiger partial charge in [0.1, 0.15) is 0 Å². The van der Waals surface area contributed by atoms with E-state index >= 15 is 0 Å². The van der Waals surface area contributed by atoms with Gasteiger partial charge in [0, 0.05) is 23.5 Å². The van der Waals surface area contributed by atoms with Crippen molar-refractivity contribution < 1.29 is 10.2 Å². The number of rotatable bonds is 14. The molecule has 0 aromatic heterocycles. The molecule has 0 amide bonds. The Morgan fingerprint density at radius 3 is 2.27 bits per heavy atom. The summed E-state index contributed by atoms with van der Waals surface area (Å²) in [5.41, 5.74) is 1.20. The summed E-state index contributed by atoms with van der Waals surface area (Å²) in [5.74, 6) is -0.0411. The molecule has 30 heavy (non-hydrogen) atoms. The average Bonchev–Trinajstić information content (AvgIpc) is 2.75. The van der Waals surface area contributed by atoms with Crippen LogP contribution >= 0.6 is 28.3 Å². The first-order valence-corrected chi connectivity index (χ1v) is 11.8. The molecule has 5 heteroatoms. The zero-order chi connectivity index (χ0) is 21.0. The Morgan fingerprint density at radius 1 is 0.933 bits per heavy atom. The lowest BCUT2D eigenvalue weighted by Gasteiger charge is -2.38. The summed E-state index contributed by atoms with van der Waals surface area (Å²) >= 11 is 3.52.